The second-order valence-electron chi connectivity index (χ2n) is 8.54. The molecule has 0 unspecified atom stereocenters. The number of rotatable bonds is 13. The molecule has 8 nitrogen and oxygen atoms in total. The maximum atomic E-state index is 15.2. The van der Waals surface area contributed by atoms with Crippen molar-refractivity contribution in [2.75, 3.05) is 49.3 Å². The third-order valence-corrected chi connectivity index (χ3v) is 10.8. The van der Waals surface area contributed by atoms with Crippen LogP contribution < -0.4 is 38.5 Å². The Morgan fingerprint density at radius 3 is 1.15 bits per heavy atom. The monoisotopic (exact) mass is 666 g/mol. The first-order chi connectivity index (χ1) is 19.6. The molecule has 0 saturated carbocycles. The summed E-state index contributed by atoms with van der Waals surface area (Å²) < 4.78 is 53.8. The van der Waals surface area contributed by atoms with Crippen LogP contribution in [-0.4, -0.2) is 49.3 Å². The molecule has 3 rings (SSSR count). The van der Waals surface area contributed by atoms with Crippen LogP contribution in [0.2, 0.25) is 20.1 Å². The minimum Gasteiger partial charge on any atom is -0.494 e. The third-order valence-electron chi connectivity index (χ3n) is 6.35. The number of benzene rings is 3. The Balaban J connectivity index is 2.33. The van der Waals surface area contributed by atoms with Gasteiger partial charge in [0.15, 0.2) is 23.0 Å². The van der Waals surface area contributed by atoms with Gasteiger partial charge in [0.25, 0.3) is 0 Å². The van der Waals surface area contributed by atoms with E-state index in [0.29, 0.717) is 28.8 Å². The van der Waals surface area contributed by atoms with E-state index in [1.807, 2.05) is 6.92 Å². The Bertz CT molecular complexity index is 1300. The second kappa shape index (κ2) is 14.2. The van der Waals surface area contributed by atoms with Crippen molar-refractivity contribution in [1.29, 1.82) is 0 Å². The number of ether oxygens (including phenoxy) is 7. The van der Waals surface area contributed by atoms with Gasteiger partial charge in [-0.15, -0.1) is 0 Å². The fourth-order valence-corrected chi connectivity index (χ4v) is 9.04. The predicted octanol–water partition coefficient (Wildman–Crippen LogP) is 8.14. The molecule has 0 aromatic heterocycles. The average molecular weight is 668 g/mol. The molecule has 0 aliphatic heterocycles. The Hall–Kier alpha value is -2.35. The van der Waals surface area contributed by atoms with Crippen molar-refractivity contribution in [3.63, 3.8) is 0 Å². The number of hydrogen-bond acceptors (Lipinski definition) is 8. The number of methoxy groups -OCH3 is 6. The zero-order chi connectivity index (χ0) is 30.5. The van der Waals surface area contributed by atoms with Gasteiger partial charge in [-0.25, -0.2) is 0 Å². The van der Waals surface area contributed by atoms with Gasteiger partial charge < -0.3 is 37.7 Å². The maximum absolute atomic E-state index is 15.2. The van der Waals surface area contributed by atoms with Gasteiger partial charge >= 0.3 is 0 Å². The van der Waals surface area contributed by atoms with E-state index in [9.17, 15) is 0 Å². The van der Waals surface area contributed by atoms with Gasteiger partial charge in [-0.1, -0.05) is 46.4 Å². The van der Waals surface area contributed by atoms with Crippen LogP contribution in [0.1, 0.15) is 18.1 Å². The van der Waals surface area contributed by atoms with E-state index in [-0.39, 0.29) is 66.9 Å². The molecular formula is C28H31Cl4O8P. The van der Waals surface area contributed by atoms with E-state index < -0.39 is 7.14 Å². The van der Waals surface area contributed by atoms with Crippen LogP contribution in [0.15, 0.2) is 24.3 Å². The van der Waals surface area contributed by atoms with Crippen molar-refractivity contribution in [3.8, 4) is 40.2 Å². The molecule has 224 valence electrons. The average Bonchev–Trinajstić information content (AvgIpc) is 2.97. The first-order valence-electron chi connectivity index (χ1n) is 12.2. The lowest BCUT2D eigenvalue weighted by Crippen LogP contribution is -2.12. The lowest BCUT2D eigenvalue weighted by molar-refractivity contribution is 0.324. The molecule has 13 heteroatoms. The highest BCUT2D eigenvalue weighted by Crippen LogP contribution is 2.60. The van der Waals surface area contributed by atoms with Crippen molar-refractivity contribution in [1.82, 2.24) is 0 Å². The third kappa shape index (κ3) is 6.37. The molecule has 0 heterocycles. The van der Waals surface area contributed by atoms with E-state index in [4.69, 9.17) is 79.6 Å². The molecule has 0 saturated heterocycles. The van der Waals surface area contributed by atoms with E-state index in [0.717, 1.165) is 0 Å². The Labute approximate surface area is 259 Å². The van der Waals surface area contributed by atoms with Gasteiger partial charge in [0.05, 0.1) is 69.4 Å². The number of halogens is 4. The highest BCUT2D eigenvalue weighted by molar-refractivity contribution is 7.70. The maximum Gasteiger partial charge on any atom is 0.206 e. The summed E-state index contributed by atoms with van der Waals surface area (Å²) in [5.74, 6) is 1.79. The van der Waals surface area contributed by atoms with Crippen molar-refractivity contribution in [2.24, 2.45) is 0 Å². The van der Waals surface area contributed by atoms with Crippen molar-refractivity contribution < 1.29 is 37.7 Å². The molecule has 3 aromatic carbocycles. The standard InChI is InChI=1S/C28H31Cl4O8P/c1-8-40-15-9-11-16(12-10-15)41(33,13-17-19(29)23(34-2)27(38-6)24(35-3)20(17)30)14-18-21(31)25(36-4)28(39-7)26(37-5)22(18)32/h9-12H,8,13-14H2,1-7H3. The van der Waals surface area contributed by atoms with E-state index in [2.05, 4.69) is 0 Å². The lowest BCUT2D eigenvalue weighted by atomic mass is 10.2. The largest absolute Gasteiger partial charge is 0.494 e. The first kappa shape index (κ1) is 33.2. The van der Waals surface area contributed by atoms with Gasteiger partial charge in [-0.3, -0.25) is 0 Å². The minimum atomic E-state index is -3.53. The molecule has 3 aromatic rings. The zero-order valence-corrected chi connectivity index (χ0v) is 27.6. The summed E-state index contributed by atoms with van der Waals surface area (Å²) in [6.45, 7) is 2.35. The molecule has 0 aliphatic carbocycles. The predicted molar refractivity (Wildman–Crippen MR) is 164 cm³/mol. The van der Waals surface area contributed by atoms with Crippen LogP contribution in [0.25, 0.3) is 0 Å². The van der Waals surface area contributed by atoms with E-state index in [1.54, 1.807) is 24.3 Å². The van der Waals surface area contributed by atoms with Gasteiger partial charge in [0, 0.05) is 28.8 Å². The van der Waals surface area contributed by atoms with Gasteiger partial charge in [-0.05, 0) is 31.2 Å². The van der Waals surface area contributed by atoms with Crippen LogP contribution in [0.5, 0.6) is 40.2 Å². The summed E-state index contributed by atoms with van der Waals surface area (Å²) in [4.78, 5) is 0. The molecule has 0 N–H and O–H groups in total. The van der Waals surface area contributed by atoms with Crippen LogP contribution in [0, 0.1) is 0 Å². The smallest absolute Gasteiger partial charge is 0.206 e. The highest BCUT2D eigenvalue weighted by atomic mass is 35.5. The van der Waals surface area contributed by atoms with Gasteiger partial charge in [0.1, 0.15) is 12.9 Å². The highest BCUT2D eigenvalue weighted by Gasteiger charge is 2.35. The lowest BCUT2D eigenvalue weighted by Gasteiger charge is -2.25. The van der Waals surface area contributed by atoms with Crippen LogP contribution in [-0.2, 0) is 16.9 Å². The quantitative estimate of drug-likeness (QED) is 0.169. The Kier molecular flexibility index (Phi) is 11.5. The SMILES string of the molecule is CCOc1ccc(P(=O)(Cc2c(Cl)c(OC)c(OC)c(OC)c2Cl)Cc2c(Cl)c(OC)c(OC)c(OC)c2Cl)cc1. The summed E-state index contributed by atoms with van der Waals surface area (Å²) in [5.41, 5.74) is 0.666. The normalized spacial score (nSPS) is 11.2. The topological polar surface area (TPSA) is 81.7 Å². The fourth-order valence-electron chi connectivity index (χ4n) is 4.45. The molecular weight excluding hydrogens is 637 g/mol. The van der Waals surface area contributed by atoms with Crippen LogP contribution in [0.4, 0.5) is 0 Å². The Morgan fingerprint density at radius 1 is 0.561 bits per heavy atom. The zero-order valence-electron chi connectivity index (χ0n) is 23.7. The van der Waals surface area contributed by atoms with Gasteiger partial charge in [0.2, 0.25) is 11.5 Å². The molecule has 0 aliphatic rings. The molecule has 41 heavy (non-hydrogen) atoms. The van der Waals surface area contributed by atoms with Crippen LogP contribution >= 0.6 is 53.5 Å². The van der Waals surface area contributed by atoms with Crippen molar-refractivity contribution in [2.45, 2.75) is 19.2 Å². The molecule has 0 bridgehead atoms. The summed E-state index contributed by atoms with van der Waals surface area (Å²) in [6.07, 6.45) is -0.225. The van der Waals surface area contributed by atoms with Crippen molar-refractivity contribution >= 4 is 58.9 Å². The van der Waals surface area contributed by atoms with E-state index in [1.165, 1.54) is 42.7 Å². The molecule has 0 spiro atoms. The molecule has 0 fully saturated rings. The number of hydrogen-bond donors (Lipinski definition) is 0. The van der Waals surface area contributed by atoms with Crippen molar-refractivity contribution in [3.05, 3.63) is 55.5 Å². The first-order valence-corrected chi connectivity index (χ1v) is 15.8. The van der Waals surface area contributed by atoms with Crippen LogP contribution in [0.3, 0.4) is 0 Å². The second-order valence-corrected chi connectivity index (χ2v) is 13.0. The summed E-state index contributed by atoms with van der Waals surface area (Å²) >= 11 is 27.2. The molecule has 0 amide bonds. The molecule has 0 atom stereocenters. The Morgan fingerprint density at radius 2 is 0.878 bits per heavy atom. The molecule has 0 radical (unpaired) electrons. The minimum absolute atomic E-state index is 0.112. The summed E-state index contributed by atoms with van der Waals surface area (Å²) in [6, 6.07) is 6.93. The van der Waals surface area contributed by atoms with Gasteiger partial charge in [-0.2, -0.15) is 0 Å². The summed E-state index contributed by atoms with van der Waals surface area (Å²) in [7, 11) is 5.08. The van der Waals surface area contributed by atoms with E-state index >= 15 is 4.57 Å². The fraction of sp³-hybridized carbons (Fsp3) is 0.357. The summed E-state index contributed by atoms with van der Waals surface area (Å²) in [5, 5.41) is 1.02.